The first-order valence-corrected chi connectivity index (χ1v) is 8.75. The van der Waals surface area contributed by atoms with Gasteiger partial charge in [-0.05, 0) is 48.6 Å². The van der Waals surface area contributed by atoms with Crippen molar-refractivity contribution in [2.75, 3.05) is 18.5 Å². The summed E-state index contributed by atoms with van der Waals surface area (Å²) in [5.41, 5.74) is 2.46. The van der Waals surface area contributed by atoms with Gasteiger partial charge in [-0.25, -0.2) is 4.98 Å². The predicted octanol–water partition coefficient (Wildman–Crippen LogP) is 5.33. The topological polar surface area (TPSA) is 34.1 Å². The lowest BCUT2D eigenvalue weighted by molar-refractivity contribution is 0.304. The van der Waals surface area contributed by atoms with E-state index >= 15 is 0 Å². The van der Waals surface area contributed by atoms with Gasteiger partial charge in [0.25, 0.3) is 0 Å². The van der Waals surface area contributed by atoms with Crippen LogP contribution in [-0.2, 0) is 5.41 Å². The van der Waals surface area contributed by atoms with Crippen LogP contribution in [0.25, 0.3) is 0 Å². The second-order valence-electron chi connectivity index (χ2n) is 6.69. The Bertz CT molecular complexity index is 636. The quantitative estimate of drug-likeness (QED) is 0.691. The smallest absolute Gasteiger partial charge is 0.125 e. The fraction of sp³-hybridized carbons (Fsp3) is 0.421. The van der Waals surface area contributed by atoms with Gasteiger partial charge in [-0.3, -0.25) is 0 Å². The highest BCUT2D eigenvalue weighted by Gasteiger charge is 2.21. The number of pyridine rings is 1. The van der Waals surface area contributed by atoms with E-state index < -0.39 is 0 Å². The Kier molecular flexibility index (Phi) is 6.05. The molecule has 2 rings (SSSR count). The van der Waals surface area contributed by atoms with Crippen LogP contribution in [0, 0.1) is 6.92 Å². The molecule has 2 aromatic rings. The van der Waals surface area contributed by atoms with E-state index in [0.29, 0.717) is 6.61 Å². The molecule has 23 heavy (non-hydrogen) atoms. The summed E-state index contributed by atoms with van der Waals surface area (Å²) in [6.45, 7) is 10.3. The summed E-state index contributed by atoms with van der Waals surface area (Å²) in [6, 6.07) is 10.1. The van der Waals surface area contributed by atoms with Crippen LogP contribution in [-0.4, -0.2) is 18.1 Å². The van der Waals surface area contributed by atoms with Gasteiger partial charge in [0, 0.05) is 22.8 Å². The maximum absolute atomic E-state index is 6.11. The van der Waals surface area contributed by atoms with Crippen molar-refractivity contribution in [3.8, 4) is 5.75 Å². The molecule has 1 aromatic heterocycles. The fourth-order valence-electron chi connectivity index (χ4n) is 2.41. The van der Waals surface area contributed by atoms with Gasteiger partial charge in [0.1, 0.15) is 11.6 Å². The number of aromatic nitrogens is 1. The molecule has 1 aromatic carbocycles. The van der Waals surface area contributed by atoms with E-state index in [1.54, 1.807) is 6.20 Å². The molecule has 0 aliphatic carbocycles. The molecule has 1 heterocycles. The minimum atomic E-state index is 0.0517. The molecule has 0 amide bonds. The molecule has 1 N–H and O–H groups in total. The molecule has 3 nitrogen and oxygen atoms in total. The van der Waals surface area contributed by atoms with Crippen molar-refractivity contribution >= 4 is 21.7 Å². The molecule has 0 unspecified atom stereocenters. The summed E-state index contributed by atoms with van der Waals surface area (Å²) >= 11 is 3.59. The molecular formula is C19H25BrN2O. The molecule has 0 saturated carbocycles. The van der Waals surface area contributed by atoms with Crippen LogP contribution in [0.4, 0.5) is 5.82 Å². The first-order valence-electron chi connectivity index (χ1n) is 7.96. The molecular weight excluding hydrogens is 352 g/mol. The van der Waals surface area contributed by atoms with Crippen LogP contribution >= 0.6 is 15.9 Å². The molecule has 0 aliphatic heterocycles. The van der Waals surface area contributed by atoms with Gasteiger partial charge in [0.2, 0.25) is 0 Å². The van der Waals surface area contributed by atoms with Crippen LogP contribution in [0.3, 0.4) is 0 Å². The maximum atomic E-state index is 6.11. The molecule has 0 atom stereocenters. The van der Waals surface area contributed by atoms with Gasteiger partial charge in [0.05, 0.1) is 6.61 Å². The zero-order valence-electron chi connectivity index (χ0n) is 14.3. The van der Waals surface area contributed by atoms with Crippen LogP contribution in [0.2, 0.25) is 0 Å². The fourth-order valence-corrected chi connectivity index (χ4v) is 2.98. The zero-order chi connectivity index (χ0) is 16.9. The molecule has 0 aliphatic rings. The first kappa shape index (κ1) is 17.8. The number of hydrogen-bond acceptors (Lipinski definition) is 3. The average molecular weight is 377 g/mol. The minimum absolute atomic E-state index is 0.0517. The maximum Gasteiger partial charge on any atom is 0.125 e. The Hall–Kier alpha value is -1.55. The summed E-state index contributed by atoms with van der Waals surface area (Å²) in [4.78, 5) is 4.25. The standard InChI is InChI=1S/C19H25BrN2O/c1-14-12-15(20)13-16(19(2,3)4)18(14)23-11-7-10-22-17-8-5-6-9-21-17/h5-6,8-9,12-13H,7,10-11H2,1-4H3,(H,21,22). The van der Waals surface area contributed by atoms with Crippen molar-refractivity contribution in [2.45, 2.75) is 39.5 Å². The normalized spacial score (nSPS) is 11.3. The van der Waals surface area contributed by atoms with Gasteiger partial charge in [-0.2, -0.15) is 0 Å². The Morgan fingerprint density at radius 1 is 1.22 bits per heavy atom. The third-order valence-corrected chi connectivity index (χ3v) is 4.04. The second-order valence-corrected chi connectivity index (χ2v) is 7.61. The number of rotatable bonds is 6. The van der Waals surface area contributed by atoms with E-state index in [2.05, 4.69) is 66.1 Å². The number of aryl methyl sites for hydroxylation is 1. The monoisotopic (exact) mass is 376 g/mol. The van der Waals surface area contributed by atoms with E-state index in [9.17, 15) is 0 Å². The molecule has 4 heteroatoms. The van der Waals surface area contributed by atoms with Crippen LogP contribution in [0.5, 0.6) is 5.75 Å². The molecule has 0 saturated heterocycles. The number of halogens is 1. The van der Waals surface area contributed by atoms with E-state index in [1.165, 1.54) is 11.1 Å². The highest BCUT2D eigenvalue weighted by molar-refractivity contribution is 9.10. The van der Waals surface area contributed by atoms with Crippen molar-refractivity contribution in [2.24, 2.45) is 0 Å². The van der Waals surface area contributed by atoms with Gasteiger partial charge < -0.3 is 10.1 Å². The zero-order valence-corrected chi connectivity index (χ0v) is 15.9. The summed E-state index contributed by atoms with van der Waals surface area (Å²) in [6.07, 6.45) is 2.72. The largest absolute Gasteiger partial charge is 0.493 e. The number of nitrogens with one attached hydrogen (secondary N) is 1. The SMILES string of the molecule is Cc1cc(Br)cc(C(C)(C)C)c1OCCCNc1ccccn1. The van der Waals surface area contributed by atoms with Gasteiger partial charge in [-0.1, -0.05) is 42.8 Å². The van der Waals surface area contributed by atoms with Crippen molar-refractivity contribution in [1.82, 2.24) is 4.98 Å². The van der Waals surface area contributed by atoms with Crippen LogP contribution in [0.15, 0.2) is 41.0 Å². The van der Waals surface area contributed by atoms with E-state index in [0.717, 1.165) is 29.0 Å². The number of nitrogens with zero attached hydrogens (tertiary/aromatic N) is 1. The Labute approximate surface area is 147 Å². The Balaban J connectivity index is 1.93. The average Bonchev–Trinajstić information content (AvgIpc) is 2.48. The third kappa shape index (κ3) is 5.24. The van der Waals surface area contributed by atoms with Crippen molar-refractivity contribution in [3.05, 3.63) is 52.1 Å². The summed E-state index contributed by atoms with van der Waals surface area (Å²) in [5.74, 6) is 1.92. The first-order chi connectivity index (χ1) is 10.9. The molecule has 0 bridgehead atoms. The summed E-state index contributed by atoms with van der Waals surface area (Å²) in [7, 11) is 0. The van der Waals surface area contributed by atoms with E-state index in [4.69, 9.17) is 4.74 Å². The van der Waals surface area contributed by atoms with Crippen molar-refractivity contribution in [1.29, 1.82) is 0 Å². The summed E-state index contributed by atoms with van der Waals surface area (Å²) in [5, 5.41) is 3.30. The van der Waals surface area contributed by atoms with Crippen molar-refractivity contribution in [3.63, 3.8) is 0 Å². The minimum Gasteiger partial charge on any atom is -0.493 e. The number of benzene rings is 1. The second kappa shape index (κ2) is 7.82. The lowest BCUT2D eigenvalue weighted by Crippen LogP contribution is -2.16. The van der Waals surface area contributed by atoms with Gasteiger partial charge in [0.15, 0.2) is 0 Å². The number of anilines is 1. The molecule has 124 valence electrons. The molecule has 0 spiro atoms. The van der Waals surface area contributed by atoms with Gasteiger partial charge >= 0.3 is 0 Å². The number of ether oxygens (including phenoxy) is 1. The Morgan fingerprint density at radius 2 is 2.00 bits per heavy atom. The Morgan fingerprint density at radius 3 is 2.65 bits per heavy atom. The van der Waals surface area contributed by atoms with E-state index in [1.807, 2.05) is 18.2 Å². The highest BCUT2D eigenvalue weighted by Crippen LogP contribution is 2.36. The van der Waals surface area contributed by atoms with Crippen molar-refractivity contribution < 1.29 is 4.74 Å². The lowest BCUT2D eigenvalue weighted by Gasteiger charge is -2.24. The molecule has 0 radical (unpaired) electrons. The lowest BCUT2D eigenvalue weighted by atomic mass is 9.85. The summed E-state index contributed by atoms with van der Waals surface area (Å²) < 4.78 is 7.21. The van der Waals surface area contributed by atoms with Gasteiger partial charge in [-0.15, -0.1) is 0 Å². The van der Waals surface area contributed by atoms with Crippen LogP contribution in [0.1, 0.15) is 38.3 Å². The number of hydrogen-bond donors (Lipinski definition) is 1. The highest BCUT2D eigenvalue weighted by atomic mass is 79.9. The molecule has 0 fully saturated rings. The predicted molar refractivity (Wildman–Crippen MR) is 100 cm³/mol. The van der Waals surface area contributed by atoms with Crippen LogP contribution < -0.4 is 10.1 Å². The van der Waals surface area contributed by atoms with E-state index in [-0.39, 0.29) is 5.41 Å². The third-order valence-electron chi connectivity index (χ3n) is 3.59.